The van der Waals surface area contributed by atoms with Gasteiger partial charge in [-0.05, 0) is 32.0 Å². The molecule has 4 nitrogen and oxygen atoms in total. The molecule has 0 spiro atoms. The maximum atomic E-state index is 5.08. The summed E-state index contributed by atoms with van der Waals surface area (Å²) in [6.45, 7) is 3.43. The molecule has 1 aromatic heterocycles. The Kier molecular flexibility index (Phi) is 3.62. The van der Waals surface area contributed by atoms with Gasteiger partial charge in [0.15, 0.2) is 0 Å². The van der Waals surface area contributed by atoms with Crippen molar-refractivity contribution in [3.05, 3.63) is 18.3 Å². The molecule has 2 heterocycles. The van der Waals surface area contributed by atoms with Crippen LogP contribution in [0.5, 0.6) is 5.88 Å². The molecule has 16 heavy (non-hydrogen) atoms. The van der Waals surface area contributed by atoms with Crippen molar-refractivity contribution in [2.24, 2.45) is 5.92 Å². The highest BCUT2D eigenvalue weighted by atomic mass is 16.5. The van der Waals surface area contributed by atoms with Crippen molar-refractivity contribution in [3.8, 4) is 5.88 Å². The molecule has 0 aliphatic carbocycles. The summed E-state index contributed by atoms with van der Waals surface area (Å²) < 4.78 is 5.08. The highest BCUT2D eigenvalue weighted by Gasteiger charge is 2.18. The van der Waals surface area contributed by atoms with Gasteiger partial charge in [-0.1, -0.05) is 0 Å². The maximum absolute atomic E-state index is 5.08. The van der Waals surface area contributed by atoms with Gasteiger partial charge in [0.05, 0.1) is 7.11 Å². The van der Waals surface area contributed by atoms with Crippen molar-refractivity contribution < 1.29 is 4.74 Å². The quantitative estimate of drug-likeness (QED) is 0.835. The van der Waals surface area contributed by atoms with Crippen LogP contribution in [-0.2, 0) is 0 Å². The van der Waals surface area contributed by atoms with E-state index in [-0.39, 0.29) is 0 Å². The number of likely N-dealkylation sites (tertiary alicyclic amines) is 1. The smallest absolute Gasteiger partial charge is 0.214 e. The van der Waals surface area contributed by atoms with Gasteiger partial charge >= 0.3 is 0 Å². The minimum absolute atomic E-state index is 0.661. The van der Waals surface area contributed by atoms with Crippen molar-refractivity contribution in [2.75, 3.05) is 39.1 Å². The van der Waals surface area contributed by atoms with E-state index in [9.17, 15) is 0 Å². The van der Waals surface area contributed by atoms with E-state index >= 15 is 0 Å². The van der Waals surface area contributed by atoms with E-state index in [1.165, 1.54) is 19.5 Å². The lowest BCUT2D eigenvalue weighted by atomic mass is 10.1. The molecule has 1 atom stereocenters. The van der Waals surface area contributed by atoms with Crippen molar-refractivity contribution >= 4 is 5.69 Å². The van der Waals surface area contributed by atoms with E-state index in [0.717, 1.165) is 18.2 Å². The average Bonchev–Trinajstić information content (AvgIpc) is 2.73. The fourth-order valence-electron chi connectivity index (χ4n) is 2.09. The summed E-state index contributed by atoms with van der Waals surface area (Å²) in [5.41, 5.74) is 1.08. The SMILES string of the molecule is COc1cc(NCC2CCN(C)C2)ccn1. The van der Waals surface area contributed by atoms with Gasteiger partial charge in [-0.25, -0.2) is 4.98 Å². The minimum atomic E-state index is 0.661. The third-order valence-electron chi connectivity index (χ3n) is 3.03. The van der Waals surface area contributed by atoms with Gasteiger partial charge < -0.3 is 15.0 Å². The molecule has 0 radical (unpaired) electrons. The lowest BCUT2D eigenvalue weighted by molar-refractivity contribution is 0.397. The molecule has 88 valence electrons. The van der Waals surface area contributed by atoms with Gasteiger partial charge in [0, 0.05) is 31.0 Å². The van der Waals surface area contributed by atoms with E-state index in [1.54, 1.807) is 13.3 Å². The molecule has 1 aliphatic heterocycles. The van der Waals surface area contributed by atoms with Crippen molar-refractivity contribution in [1.82, 2.24) is 9.88 Å². The molecule has 1 aromatic rings. The Hall–Kier alpha value is -1.29. The zero-order chi connectivity index (χ0) is 11.4. The number of aromatic nitrogens is 1. The minimum Gasteiger partial charge on any atom is -0.481 e. The fourth-order valence-corrected chi connectivity index (χ4v) is 2.09. The first kappa shape index (κ1) is 11.2. The van der Waals surface area contributed by atoms with Crippen LogP contribution in [-0.4, -0.2) is 43.7 Å². The molecular formula is C12H19N3O. The predicted molar refractivity (Wildman–Crippen MR) is 64.9 cm³/mol. The molecule has 1 unspecified atom stereocenters. The van der Waals surface area contributed by atoms with Gasteiger partial charge in [-0.2, -0.15) is 0 Å². The van der Waals surface area contributed by atoms with Crippen LogP contribution >= 0.6 is 0 Å². The lowest BCUT2D eigenvalue weighted by Crippen LogP contribution is -2.19. The molecule has 1 saturated heterocycles. The fraction of sp³-hybridized carbons (Fsp3) is 0.583. The topological polar surface area (TPSA) is 37.4 Å². The zero-order valence-corrected chi connectivity index (χ0v) is 9.94. The Labute approximate surface area is 96.6 Å². The van der Waals surface area contributed by atoms with Gasteiger partial charge in [-0.15, -0.1) is 0 Å². The first-order valence-corrected chi connectivity index (χ1v) is 5.70. The van der Waals surface area contributed by atoms with Crippen LogP contribution in [0.25, 0.3) is 0 Å². The third kappa shape index (κ3) is 2.85. The monoisotopic (exact) mass is 221 g/mol. The Balaban J connectivity index is 1.84. The zero-order valence-electron chi connectivity index (χ0n) is 9.94. The number of anilines is 1. The Morgan fingerprint density at radius 2 is 2.50 bits per heavy atom. The van der Waals surface area contributed by atoms with Crippen LogP contribution in [0.4, 0.5) is 5.69 Å². The molecule has 0 saturated carbocycles. The number of nitrogens with one attached hydrogen (secondary N) is 1. The highest BCUT2D eigenvalue weighted by Crippen LogP contribution is 2.17. The summed E-state index contributed by atoms with van der Waals surface area (Å²) >= 11 is 0. The van der Waals surface area contributed by atoms with Crippen molar-refractivity contribution in [1.29, 1.82) is 0 Å². The van der Waals surface area contributed by atoms with Gasteiger partial charge in [0.2, 0.25) is 5.88 Å². The van der Waals surface area contributed by atoms with E-state index < -0.39 is 0 Å². The number of rotatable bonds is 4. The standard InChI is InChI=1S/C12H19N3O/c1-15-6-4-10(9-15)8-14-11-3-5-13-12(7-11)16-2/h3,5,7,10H,4,6,8-9H2,1-2H3,(H,13,14). The second kappa shape index (κ2) is 5.16. The van der Waals surface area contributed by atoms with Crippen LogP contribution in [0, 0.1) is 5.92 Å². The number of methoxy groups -OCH3 is 1. The van der Waals surface area contributed by atoms with Crippen LogP contribution < -0.4 is 10.1 Å². The number of hydrogen-bond donors (Lipinski definition) is 1. The predicted octanol–water partition coefficient (Wildman–Crippen LogP) is 1.45. The van der Waals surface area contributed by atoms with E-state index in [1.807, 2.05) is 12.1 Å². The van der Waals surface area contributed by atoms with Crippen LogP contribution in [0.15, 0.2) is 18.3 Å². The Morgan fingerprint density at radius 1 is 1.62 bits per heavy atom. The Bertz CT molecular complexity index is 343. The second-order valence-electron chi connectivity index (χ2n) is 4.38. The number of pyridine rings is 1. The molecule has 2 rings (SSSR count). The van der Waals surface area contributed by atoms with Crippen LogP contribution in [0.1, 0.15) is 6.42 Å². The summed E-state index contributed by atoms with van der Waals surface area (Å²) in [6.07, 6.45) is 3.05. The molecule has 1 N–H and O–H groups in total. The Morgan fingerprint density at radius 3 is 3.19 bits per heavy atom. The second-order valence-corrected chi connectivity index (χ2v) is 4.38. The van der Waals surface area contributed by atoms with Crippen LogP contribution in [0.3, 0.4) is 0 Å². The van der Waals surface area contributed by atoms with E-state index in [2.05, 4.69) is 22.2 Å². The number of hydrogen-bond acceptors (Lipinski definition) is 4. The summed E-state index contributed by atoms with van der Waals surface area (Å²) in [4.78, 5) is 6.45. The molecule has 0 bridgehead atoms. The normalized spacial score (nSPS) is 21.0. The molecule has 1 fully saturated rings. The molecule has 0 amide bonds. The third-order valence-corrected chi connectivity index (χ3v) is 3.03. The van der Waals surface area contributed by atoms with Gasteiger partial charge in [0.1, 0.15) is 0 Å². The highest BCUT2D eigenvalue weighted by molar-refractivity contribution is 5.44. The summed E-state index contributed by atoms with van der Waals surface area (Å²) in [5, 5.41) is 3.44. The lowest BCUT2D eigenvalue weighted by Gasteiger charge is -2.12. The average molecular weight is 221 g/mol. The van der Waals surface area contributed by atoms with Gasteiger partial charge in [-0.3, -0.25) is 0 Å². The molecule has 1 aliphatic rings. The summed E-state index contributed by atoms with van der Waals surface area (Å²) in [7, 11) is 3.81. The number of nitrogens with zero attached hydrogens (tertiary/aromatic N) is 2. The molecule has 4 heteroatoms. The molecule has 0 aromatic carbocycles. The van der Waals surface area contributed by atoms with Crippen LogP contribution in [0.2, 0.25) is 0 Å². The van der Waals surface area contributed by atoms with E-state index in [0.29, 0.717) is 5.88 Å². The molecular weight excluding hydrogens is 202 g/mol. The first-order chi connectivity index (χ1) is 7.78. The summed E-state index contributed by atoms with van der Waals surface area (Å²) in [6, 6.07) is 3.90. The largest absolute Gasteiger partial charge is 0.481 e. The van der Waals surface area contributed by atoms with E-state index in [4.69, 9.17) is 4.74 Å². The first-order valence-electron chi connectivity index (χ1n) is 5.70. The summed E-state index contributed by atoms with van der Waals surface area (Å²) in [5.74, 6) is 1.41. The van der Waals surface area contributed by atoms with Crippen molar-refractivity contribution in [3.63, 3.8) is 0 Å². The van der Waals surface area contributed by atoms with Gasteiger partial charge in [0.25, 0.3) is 0 Å². The van der Waals surface area contributed by atoms with Crippen molar-refractivity contribution in [2.45, 2.75) is 6.42 Å². The maximum Gasteiger partial charge on any atom is 0.214 e. The number of ether oxygens (including phenoxy) is 1.